The molecule has 3 heterocycles. The van der Waals surface area contributed by atoms with E-state index in [2.05, 4.69) is 37.6 Å². The zero-order chi connectivity index (χ0) is 13.4. The number of hydrazone groups is 1. The van der Waals surface area contributed by atoms with Gasteiger partial charge in [0.2, 0.25) is 0 Å². The minimum atomic E-state index is 0.695. The molecule has 0 saturated carbocycles. The van der Waals surface area contributed by atoms with Crippen LogP contribution in [0.3, 0.4) is 0 Å². The van der Waals surface area contributed by atoms with E-state index in [0.29, 0.717) is 5.82 Å². The summed E-state index contributed by atoms with van der Waals surface area (Å²) in [7, 11) is 0. The van der Waals surface area contributed by atoms with Crippen LogP contribution in [0, 0.1) is 0 Å². The average Bonchev–Trinajstić information content (AvgIpc) is 3.09. The molecule has 1 aliphatic heterocycles. The van der Waals surface area contributed by atoms with Crippen LogP contribution >= 0.6 is 0 Å². The maximum absolute atomic E-state index is 4.50. The standard InChI is InChI=1S/C15H13N5/c1-2-5-12-11(4-1)10-16-18-15(12)19-17-13-7-9-20-8-3-6-14(13)20/h1-6,8,10H,7,9H2,(H,18,19). The summed E-state index contributed by atoms with van der Waals surface area (Å²) >= 11 is 0. The number of hydrogen-bond acceptors (Lipinski definition) is 4. The van der Waals surface area contributed by atoms with Gasteiger partial charge >= 0.3 is 0 Å². The summed E-state index contributed by atoms with van der Waals surface area (Å²) < 4.78 is 2.20. The maximum atomic E-state index is 4.50. The van der Waals surface area contributed by atoms with Crippen molar-refractivity contribution in [2.24, 2.45) is 5.10 Å². The molecule has 0 amide bonds. The SMILES string of the molecule is c1ccc2c(NN=C3CCn4cccc43)nncc2c1. The number of aromatic nitrogens is 3. The van der Waals surface area contributed by atoms with E-state index in [-0.39, 0.29) is 0 Å². The van der Waals surface area contributed by atoms with Crippen LogP contribution in [-0.2, 0) is 6.54 Å². The van der Waals surface area contributed by atoms with Gasteiger partial charge in [-0.2, -0.15) is 10.2 Å². The first-order chi connectivity index (χ1) is 9.92. The second-order valence-corrected chi connectivity index (χ2v) is 4.79. The lowest BCUT2D eigenvalue weighted by atomic mass is 10.2. The molecule has 0 saturated heterocycles. The number of fused-ring (bicyclic) bond motifs is 2. The Balaban J connectivity index is 1.69. The van der Waals surface area contributed by atoms with Crippen molar-refractivity contribution in [2.45, 2.75) is 13.0 Å². The fourth-order valence-electron chi connectivity index (χ4n) is 2.57. The lowest BCUT2D eigenvalue weighted by Gasteiger charge is -2.04. The first kappa shape index (κ1) is 11.2. The second-order valence-electron chi connectivity index (χ2n) is 4.79. The topological polar surface area (TPSA) is 55.1 Å². The van der Waals surface area contributed by atoms with Gasteiger partial charge in [-0.15, -0.1) is 5.10 Å². The third-order valence-corrected chi connectivity index (χ3v) is 3.58. The largest absolute Gasteiger partial charge is 0.346 e. The molecule has 0 radical (unpaired) electrons. The Bertz CT molecular complexity index is 797. The normalized spacial score (nSPS) is 15.7. The molecule has 20 heavy (non-hydrogen) atoms. The summed E-state index contributed by atoms with van der Waals surface area (Å²) in [4.78, 5) is 0. The number of nitrogens with zero attached hydrogens (tertiary/aromatic N) is 4. The number of anilines is 1. The molecule has 0 atom stereocenters. The Labute approximate surface area is 116 Å². The van der Waals surface area contributed by atoms with E-state index in [0.717, 1.165) is 29.4 Å². The van der Waals surface area contributed by atoms with E-state index in [1.807, 2.05) is 30.3 Å². The van der Waals surface area contributed by atoms with Gasteiger partial charge in [0.15, 0.2) is 5.82 Å². The van der Waals surface area contributed by atoms with Crippen molar-refractivity contribution in [3.8, 4) is 0 Å². The Hall–Kier alpha value is -2.69. The van der Waals surface area contributed by atoms with Crippen molar-refractivity contribution in [2.75, 3.05) is 5.43 Å². The van der Waals surface area contributed by atoms with E-state index in [9.17, 15) is 0 Å². The molecule has 0 unspecified atom stereocenters. The van der Waals surface area contributed by atoms with E-state index in [4.69, 9.17) is 0 Å². The van der Waals surface area contributed by atoms with Crippen LogP contribution in [0.15, 0.2) is 53.9 Å². The number of benzene rings is 1. The number of rotatable bonds is 2. The van der Waals surface area contributed by atoms with Crippen molar-refractivity contribution in [3.05, 3.63) is 54.5 Å². The Morgan fingerprint density at radius 3 is 3.10 bits per heavy atom. The van der Waals surface area contributed by atoms with Gasteiger partial charge in [-0.3, -0.25) is 5.43 Å². The molecule has 0 bridgehead atoms. The third-order valence-electron chi connectivity index (χ3n) is 3.58. The zero-order valence-corrected chi connectivity index (χ0v) is 10.8. The van der Waals surface area contributed by atoms with E-state index < -0.39 is 0 Å². The summed E-state index contributed by atoms with van der Waals surface area (Å²) in [6.07, 6.45) is 4.78. The van der Waals surface area contributed by atoms with Crippen LogP contribution in [0.4, 0.5) is 5.82 Å². The first-order valence-corrected chi connectivity index (χ1v) is 6.60. The number of hydrogen-bond donors (Lipinski definition) is 1. The first-order valence-electron chi connectivity index (χ1n) is 6.60. The van der Waals surface area contributed by atoms with Gasteiger partial charge in [-0.25, -0.2) is 0 Å². The molecule has 5 nitrogen and oxygen atoms in total. The van der Waals surface area contributed by atoms with Crippen LogP contribution in [0.25, 0.3) is 10.8 Å². The summed E-state index contributed by atoms with van der Waals surface area (Å²) in [6, 6.07) is 12.1. The molecule has 0 aliphatic carbocycles. The third kappa shape index (κ3) is 1.75. The highest BCUT2D eigenvalue weighted by Gasteiger charge is 2.16. The second kappa shape index (κ2) is 4.45. The molecule has 1 aromatic carbocycles. The predicted octanol–water partition coefficient (Wildman–Crippen LogP) is 2.65. The molecule has 1 N–H and O–H groups in total. The number of nitrogens with one attached hydrogen (secondary N) is 1. The van der Waals surface area contributed by atoms with Crippen LogP contribution < -0.4 is 5.43 Å². The number of aryl methyl sites for hydroxylation is 1. The highest BCUT2D eigenvalue weighted by molar-refractivity contribution is 6.01. The predicted molar refractivity (Wildman–Crippen MR) is 78.7 cm³/mol. The molecule has 5 heteroatoms. The molecule has 3 aromatic rings. The van der Waals surface area contributed by atoms with E-state index in [1.165, 1.54) is 5.69 Å². The maximum Gasteiger partial charge on any atom is 0.176 e. The molecule has 0 spiro atoms. The Morgan fingerprint density at radius 2 is 2.10 bits per heavy atom. The van der Waals surface area contributed by atoms with Gasteiger partial charge in [-0.1, -0.05) is 24.3 Å². The quantitative estimate of drug-likeness (QED) is 0.723. The smallest absolute Gasteiger partial charge is 0.176 e. The fraction of sp³-hybridized carbons (Fsp3) is 0.133. The van der Waals surface area contributed by atoms with Crippen LogP contribution in [-0.4, -0.2) is 20.5 Å². The lowest BCUT2D eigenvalue weighted by molar-refractivity contribution is 0.771. The zero-order valence-electron chi connectivity index (χ0n) is 10.8. The van der Waals surface area contributed by atoms with Crippen LogP contribution in [0.2, 0.25) is 0 Å². The summed E-state index contributed by atoms with van der Waals surface area (Å²) in [5.41, 5.74) is 5.29. The highest BCUT2D eigenvalue weighted by Crippen LogP contribution is 2.20. The molecule has 1 aliphatic rings. The van der Waals surface area contributed by atoms with Gasteiger partial charge < -0.3 is 4.57 Å². The van der Waals surface area contributed by atoms with Gasteiger partial charge in [0.25, 0.3) is 0 Å². The molecule has 0 fully saturated rings. The summed E-state index contributed by atoms with van der Waals surface area (Å²) in [5, 5.41) is 14.7. The Kier molecular flexibility index (Phi) is 2.48. The van der Waals surface area contributed by atoms with Crippen molar-refractivity contribution in [1.82, 2.24) is 14.8 Å². The minimum Gasteiger partial charge on any atom is -0.346 e. The van der Waals surface area contributed by atoms with E-state index >= 15 is 0 Å². The lowest BCUT2D eigenvalue weighted by Crippen LogP contribution is -2.02. The van der Waals surface area contributed by atoms with Crippen molar-refractivity contribution >= 4 is 22.3 Å². The minimum absolute atomic E-state index is 0.695. The summed E-state index contributed by atoms with van der Waals surface area (Å²) in [6.45, 7) is 0.990. The molecule has 2 aromatic heterocycles. The molecular weight excluding hydrogens is 250 g/mol. The fourth-order valence-corrected chi connectivity index (χ4v) is 2.57. The van der Waals surface area contributed by atoms with E-state index in [1.54, 1.807) is 6.20 Å². The van der Waals surface area contributed by atoms with Crippen LogP contribution in [0.5, 0.6) is 0 Å². The van der Waals surface area contributed by atoms with Gasteiger partial charge in [0.1, 0.15) is 0 Å². The van der Waals surface area contributed by atoms with Gasteiger partial charge in [0.05, 0.1) is 17.6 Å². The monoisotopic (exact) mass is 263 g/mol. The molecule has 4 rings (SSSR count). The highest BCUT2D eigenvalue weighted by atomic mass is 15.4. The molecule has 98 valence electrons. The molecular formula is C15H13N5. The Morgan fingerprint density at radius 1 is 1.15 bits per heavy atom. The summed E-state index contributed by atoms with van der Waals surface area (Å²) in [5.74, 6) is 0.695. The van der Waals surface area contributed by atoms with Gasteiger partial charge in [0, 0.05) is 29.9 Å². The average molecular weight is 263 g/mol. The van der Waals surface area contributed by atoms with Crippen LogP contribution in [0.1, 0.15) is 12.1 Å². The van der Waals surface area contributed by atoms with Crippen molar-refractivity contribution < 1.29 is 0 Å². The van der Waals surface area contributed by atoms with Crippen molar-refractivity contribution in [1.29, 1.82) is 0 Å². The van der Waals surface area contributed by atoms with Gasteiger partial charge in [-0.05, 0) is 12.1 Å². The van der Waals surface area contributed by atoms with Crippen molar-refractivity contribution in [3.63, 3.8) is 0 Å².